The largest absolute Gasteiger partial charge is 0.376 e. The summed E-state index contributed by atoms with van der Waals surface area (Å²) in [4.78, 5) is 4.93. The number of hydrogen-bond acceptors (Lipinski definition) is 2. The zero-order valence-electron chi connectivity index (χ0n) is 18.1. The van der Waals surface area contributed by atoms with Crippen LogP contribution in [0.1, 0.15) is 0 Å². The molecule has 0 saturated carbocycles. The minimum Gasteiger partial charge on any atom is -0.376 e. The summed E-state index contributed by atoms with van der Waals surface area (Å²) < 4.78 is 0. The van der Waals surface area contributed by atoms with E-state index in [4.69, 9.17) is 0 Å². The second-order valence-electron chi connectivity index (χ2n) is 8.59. The van der Waals surface area contributed by atoms with E-state index in [9.17, 15) is 0 Å². The van der Waals surface area contributed by atoms with Gasteiger partial charge in [-0.15, -0.1) is 0 Å². The Labute approximate surface area is 194 Å². The molecule has 33 heavy (non-hydrogen) atoms. The Balaban J connectivity index is 1.60. The van der Waals surface area contributed by atoms with Crippen molar-refractivity contribution in [2.45, 2.75) is 0 Å². The van der Waals surface area contributed by atoms with E-state index in [1.54, 1.807) is 0 Å². The number of benzene rings is 5. The number of nitrogens with zero attached hydrogens (tertiary/aromatic N) is 2. The Kier molecular flexibility index (Phi) is 3.97. The average molecular weight is 420 g/mol. The summed E-state index contributed by atoms with van der Waals surface area (Å²) in [6, 6.07) is 45.9. The molecule has 0 unspecified atom stereocenters. The average Bonchev–Trinajstić information content (AvgIpc) is 2.90. The molecule has 0 fully saturated rings. The molecule has 0 spiro atoms. The SMILES string of the molecule is c1ccc(N2B3c4ccccc4N(c4ccccc4)c4cccc(c43)-c3ccccc32)cc1. The van der Waals surface area contributed by atoms with E-state index in [2.05, 4.69) is 137 Å². The third-order valence-corrected chi connectivity index (χ3v) is 6.83. The van der Waals surface area contributed by atoms with Gasteiger partial charge in [-0.2, -0.15) is 0 Å². The number of anilines is 5. The van der Waals surface area contributed by atoms with Crippen LogP contribution >= 0.6 is 0 Å². The zero-order valence-corrected chi connectivity index (χ0v) is 18.1. The van der Waals surface area contributed by atoms with Gasteiger partial charge in [0.25, 0.3) is 0 Å². The molecule has 2 heterocycles. The van der Waals surface area contributed by atoms with Gasteiger partial charge in [-0.1, -0.05) is 84.9 Å². The molecule has 2 aliphatic heterocycles. The Bertz CT molecular complexity index is 1480. The molecule has 0 aliphatic carbocycles. The summed E-state index contributed by atoms with van der Waals surface area (Å²) in [6.07, 6.45) is 0. The molecule has 3 heteroatoms. The Morgan fingerprint density at radius 1 is 0.424 bits per heavy atom. The smallest absolute Gasteiger partial charge is 0.333 e. The molecule has 0 amide bonds. The quantitative estimate of drug-likeness (QED) is 0.305. The highest BCUT2D eigenvalue weighted by molar-refractivity contribution is 6.93. The minimum absolute atomic E-state index is 0.102. The van der Waals surface area contributed by atoms with Crippen LogP contribution in [0, 0.1) is 0 Å². The third kappa shape index (κ3) is 2.63. The van der Waals surface area contributed by atoms with Gasteiger partial charge in [-0.3, -0.25) is 0 Å². The molecule has 7 rings (SSSR count). The maximum Gasteiger partial charge on any atom is 0.333 e. The molecule has 2 aliphatic rings. The van der Waals surface area contributed by atoms with E-state index in [0.29, 0.717) is 0 Å². The zero-order chi connectivity index (χ0) is 21.8. The highest BCUT2D eigenvalue weighted by Crippen LogP contribution is 2.45. The lowest BCUT2D eigenvalue weighted by atomic mass is 9.43. The lowest BCUT2D eigenvalue weighted by Gasteiger charge is -2.45. The first kappa shape index (κ1) is 18.3. The molecule has 2 nitrogen and oxygen atoms in total. The standard InChI is InChI=1S/C30H21BN2/c1-3-12-22(13-4-1)32-28-20-10-8-18-26(28)31-30-25(17-11-21-29(30)32)24-16-7-9-19-27(24)33(31)23-14-5-2-6-15-23/h1-21H. The van der Waals surface area contributed by atoms with Crippen molar-refractivity contribution in [2.75, 3.05) is 9.71 Å². The van der Waals surface area contributed by atoms with Crippen molar-refractivity contribution in [1.29, 1.82) is 0 Å². The normalized spacial score (nSPS) is 13.3. The predicted molar refractivity (Wildman–Crippen MR) is 140 cm³/mol. The van der Waals surface area contributed by atoms with Crippen LogP contribution in [0.4, 0.5) is 28.4 Å². The highest BCUT2D eigenvalue weighted by Gasteiger charge is 2.44. The summed E-state index contributed by atoms with van der Waals surface area (Å²) in [6.45, 7) is 0.102. The van der Waals surface area contributed by atoms with Crippen molar-refractivity contribution in [1.82, 2.24) is 0 Å². The monoisotopic (exact) mass is 420 g/mol. The summed E-state index contributed by atoms with van der Waals surface area (Å²) in [5, 5.41) is 0. The maximum absolute atomic E-state index is 2.52. The van der Waals surface area contributed by atoms with Crippen LogP contribution in [0.25, 0.3) is 11.1 Å². The molecule has 0 atom stereocenters. The molecular weight excluding hydrogens is 399 g/mol. The van der Waals surface area contributed by atoms with Crippen molar-refractivity contribution >= 4 is 46.2 Å². The Morgan fingerprint density at radius 2 is 1.00 bits per heavy atom. The lowest BCUT2D eigenvalue weighted by Crippen LogP contribution is -2.61. The second kappa shape index (κ2) is 7.14. The maximum atomic E-state index is 2.52. The summed E-state index contributed by atoms with van der Waals surface area (Å²) in [7, 11) is 0. The molecular formula is C30H21BN2. The first-order chi connectivity index (χ1) is 16.4. The Morgan fingerprint density at radius 3 is 1.79 bits per heavy atom. The van der Waals surface area contributed by atoms with Crippen LogP contribution in [0.5, 0.6) is 0 Å². The molecule has 0 saturated heterocycles. The van der Waals surface area contributed by atoms with Crippen LogP contribution in [0.3, 0.4) is 0 Å². The topological polar surface area (TPSA) is 6.48 Å². The van der Waals surface area contributed by atoms with E-state index in [1.807, 2.05) is 0 Å². The fourth-order valence-corrected chi connectivity index (χ4v) is 5.53. The molecule has 5 aromatic rings. The number of hydrogen-bond donors (Lipinski definition) is 0. The fraction of sp³-hybridized carbons (Fsp3) is 0. The van der Waals surface area contributed by atoms with Crippen LogP contribution in [0.2, 0.25) is 0 Å². The van der Waals surface area contributed by atoms with Crippen molar-refractivity contribution in [3.8, 4) is 11.1 Å². The van der Waals surface area contributed by atoms with Crippen LogP contribution < -0.4 is 20.6 Å². The third-order valence-electron chi connectivity index (χ3n) is 6.83. The molecule has 154 valence electrons. The van der Waals surface area contributed by atoms with Gasteiger partial charge in [0.05, 0.1) is 0 Å². The number of fused-ring (bicyclic) bond motifs is 4. The highest BCUT2D eigenvalue weighted by atomic mass is 15.2. The van der Waals surface area contributed by atoms with Crippen LogP contribution in [-0.4, -0.2) is 6.85 Å². The molecule has 0 bridgehead atoms. The second-order valence-corrected chi connectivity index (χ2v) is 8.59. The summed E-state index contributed by atoms with van der Waals surface area (Å²) in [5.74, 6) is 0. The van der Waals surface area contributed by atoms with Gasteiger partial charge in [-0.25, -0.2) is 0 Å². The molecule has 0 N–H and O–H groups in total. The molecule has 5 aromatic carbocycles. The van der Waals surface area contributed by atoms with E-state index < -0.39 is 0 Å². The van der Waals surface area contributed by atoms with E-state index in [1.165, 1.54) is 50.5 Å². The first-order valence-corrected chi connectivity index (χ1v) is 11.4. The van der Waals surface area contributed by atoms with Gasteiger partial charge >= 0.3 is 6.85 Å². The lowest BCUT2D eigenvalue weighted by molar-refractivity contribution is 1.27. The minimum atomic E-state index is 0.102. The van der Waals surface area contributed by atoms with Gasteiger partial charge in [-0.05, 0) is 59.0 Å². The van der Waals surface area contributed by atoms with E-state index >= 15 is 0 Å². The Hall–Kier alpha value is -4.24. The molecule has 0 radical (unpaired) electrons. The van der Waals surface area contributed by atoms with Gasteiger partial charge in [0, 0.05) is 34.0 Å². The van der Waals surface area contributed by atoms with E-state index in [-0.39, 0.29) is 6.85 Å². The fourth-order valence-electron chi connectivity index (χ4n) is 5.53. The number of para-hydroxylation sites is 4. The van der Waals surface area contributed by atoms with Crippen LogP contribution in [0.15, 0.2) is 127 Å². The number of rotatable bonds is 2. The van der Waals surface area contributed by atoms with Gasteiger partial charge in [0.15, 0.2) is 0 Å². The first-order valence-electron chi connectivity index (χ1n) is 11.4. The molecule has 0 aromatic heterocycles. The van der Waals surface area contributed by atoms with Gasteiger partial charge < -0.3 is 9.71 Å². The van der Waals surface area contributed by atoms with E-state index in [0.717, 1.165) is 0 Å². The summed E-state index contributed by atoms with van der Waals surface area (Å²) >= 11 is 0. The van der Waals surface area contributed by atoms with Crippen molar-refractivity contribution < 1.29 is 0 Å². The predicted octanol–water partition coefficient (Wildman–Crippen LogP) is 6.39. The van der Waals surface area contributed by atoms with Crippen molar-refractivity contribution in [2.24, 2.45) is 0 Å². The van der Waals surface area contributed by atoms with Gasteiger partial charge in [0.2, 0.25) is 0 Å². The van der Waals surface area contributed by atoms with Crippen LogP contribution in [-0.2, 0) is 0 Å². The summed E-state index contributed by atoms with van der Waals surface area (Å²) in [5.41, 5.74) is 11.4. The van der Waals surface area contributed by atoms with Gasteiger partial charge in [0.1, 0.15) is 0 Å². The van der Waals surface area contributed by atoms with Crippen molar-refractivity contribution in [3.63, 3.8) is 0 Å². The van der Waals surface area contributed by atoms with Crippen molar-refractivity contribution in [3.05, 3.63) is 127 Å².